The van der Waals surface area contributed by atoms with Gasteiger partial charge < -0.3 is 10.1 Å². The number of nitrogens with zero attached hydrogens (tertiary/aromatic N) is 2. The van der Waals surface area contributed by atoms with Crippen LogP contribution in [0.3, 0.4) is 0 Å². The summed E-state index contributed by atoms with van der Waals surface area (Å²) in [4.78, 5) is 12.3. The van der Waals surface area contributed by atoms with E-state index in [-0.39, 0.29) is 5.91 Å². The van der Waals surface area contributed by atoms with E-state index < -0.39 is 0 Å². The third-order valence-electron chi connectivity index (χ3n) is 3.80. The van der Waals surface area contributed by atoms with Crippen LogP contribution in [0.25, 0.3) is 0 Å². The molecule has 0 saturated carbocycles. The van der Waals surface area contributed by atoms with E-state index in [1.807, 2.05) is 35.1 Å². The van der Waals surface area contributed by atoms with Crippen LogP contribution in [0.4, 0.5) is 5.69 Å². The van der Waals surface area contributed by atoms with Crippen LogP contribution in [0.15, 0.2) is 36.7 Å². The van der Waals surface area contributed by atoms with Gasteiger partial charge in [-0.15, -0.1) is 0 Å². The smallest absolute Gasteiger partial charge is 0.256 e. The highest BCUT2D eigenvalue weighted by molar-refractivity contribution is 14.1. The lowest BCUT2D eigenvalue weighted by Crippen LogP contribution is -2.20. The fraction of sp³-hybridized carbons (Fsp3) is 0.375. The third kappa shape index (κ3) is 3.86. The fourth-order valence-corrected chi connectivity index (χ4v) is 3.20. The average Bonchev–Trinajstić information content (AvgIpc) is 2.95. The van der Waals surface area contributed by atoms with Gasteiger partial charge in [-0.2, -0.15) is 5.10 Å². The highest BCUT2D eigenvalue weighted by Crippen LogP contribution is 2.18. The van der Waals surface area contributed by atoms with Gasteiger partial charge >= 0.3 is 0 Å². The number of benzene rings is 1. The predicted octanol–water partition coefficient (Wildman–Crippen LogP) is 3.17. The molecule has 22 heavy (non-hydrogen) atoms. The summed E-state index contributed by atoms with van der Waals surface area (Å²) < 4.78 is 8.21. The van der Waals surface area contributed by atoms with E-state index in [4.69, 9.17) is 4.74 Å². The van der Waals surface area contributed by atoms with E-state index in [1.165, 1.54) is 0 Å². The van der Waals surface area contributed by atoms with Gasteiger partial charge in [0, 0.05) is 29.5 Å². The van der Waals surface area contributed by atoms with Gasteiger partial charge in [-0.3, -0.25) is 9.48 Å². The van der Waals surface area contributed by atoms with Gasteiger partial charge in [0.2, 0.25) is 0 Å². The third-order valence-corrected chi connectivity index (χ3v) is 4.74. The van der Waals surface area contributed by atoms with E-state index in [0.717, 1.165) is 41.9 Å². The lowest BCUT2D eigenvalue weighted by molar-refractivity contribution is 0.0601. The Morgan fingerprint density at radius 1 is 1.36 bits per heavy atom. The molecule has 116 valence electrons. The van der Waals surface area contributed by atoms with E-state index in [1.54, 1.807) is 6.20 Å². The van der Waals surface area contributed by atoms with Gasteiger partial charge in [-0.25, -0.2) is 0 Å². The van der Waals surface area contributed by atoms with Gasteiger partial charge in [0.25, 0.3) is 5.91 Å². The summed E-state index contributed by atoms with van der Waals surface area (Å²) in [6.45, 7) is 2.55. The van der Waals surface area contributed by atoms with Crippen LogP contribution in [0.1, 0.15) is 23.2 Å². The molecule has 1 N–H and O–H groups in total. The van der Waals surface area contributed by atoms with Crippen LogP contribution in [-0.2, 0) is 11.3 Å². The quantitative estimate of drug-likeness (QED) is 0.787. The molecule has 1 aromatic carbocycles. The van der Waals surface area contributed by atoms with Crippen molar-refractivity contribution in [3.63, 3.8) is 0 Å². The van der Waals surface area contributed by atoms with E-state index in [2.05, 4.69) is 33.0 Å². The molecular weight excluding hydrogens is 393 g/mol. The largest absolute Gasteiger partial charge is 0.381 e. The van der Waals surface area contributed by atoms with E-state index in [9.17, 15) is 4.79 Å². The lowest BCUT2D eigenvalue weighted by Gasteiger charge is -2.21. The molecule has 6 heteroatoms. The average molecular weight is 411 g/mol. The molecule has 3 rings (SSSR count). The number of amides is 1. The number of hydrogen-bond donors (Lipinski definition) is 1. The van der Waals surface area contributed by atoms with Crippen molar-refractivity contribution in [3.8, 4) is 0 Å². The molecule has 0 unspecified atom stereocenters. The number of halogens is 1. The maximum Gasteiger partial charge on any atom is 0.256 e. The summed E-state index contributed by atoms with van der Waals surface area (Å²) in [6, 6.07) is 7.53. The first kappa shape index (κ1) is 15.5. The predicted molar refractivity (Wildman–Crippen MR) is 92.9 cm³/mol. The van der Waals surface area contributed by atoms with Gasteiger partial charge in [-0.1, -0.05) is 12.1 Å². The van der Waals surface area contributed by atoms with E-state index >= 15 is 0 Å². The van der Waals surface area contributed by atoms with Crippen molar-refractivity contribution >= 4 is 34.2 Å². The maximum absolute atomic E-state index is 12.3. The van der Waals surface area contributed by atoms with Crippen LogP contribution in [0.2, 0.25) is 0 Å². The molecule has 1 aliphatic rings. The lowest BCUT2D eigenvalue weighted by atomic mass is 10.0. The van der Waals surface area contributed by atoms with Crippen molar-refractivity contribution in [2.75, 3.05) is 18.5 Å². The molecule has 1 fully saturated rings. The SMILES string of the molecule is O=C(Nc1cnn(CC2CCOCC2)c1)c1ccccc1I. The molecule has 1 aliphatic heterocycles. The molecule has 1 aromatic heterocycles. The number of nitrogens with one attached hydrogen (secondary N) is 1. The summed E-state index contributed by atoms with van der Waals surface area (Å²) in [5, 5.41) is 7.24. The highest BCUT2D eigenvalue weighted by Gasteiger charge is 2.15. The molecule has 0 spiro atoms. The van der Waals surface area contributed by atoms with Gasteiger partial charge in [-0.05, 0) is 53.5 Å². The minimum atomic E-state index is -0.101. The van der Waals surface area contributed by atoms with Gasteiger partial charge in [0.1, 0.15) is 0 Å². The van der Waals surface area contributed by atoms with Crippen molar-refractivity contribution in [2.24, 2.45) is 5.92 Å². The maximum atomic E-state index is 12.3. The minimum absolute atomic E-state index is 0.101. The normalized spacial score (nSPS) is 15.7. The molecule has 2 aromatic rings. The van der Waals surface area contributed by atoms with Crippen molar-refractivity contribution in [1.82, 2.24) is 9.78 Å². The fourth-order valence-electron chi connectivity index (χ4n) is 2.57. The Bertz CT molecular complexity index is 650. The number of hydrogen-bond acceptors (Lipinski definition) is 3. The standard InChI is InChI=1S/C16H18IN3O2/c17-15-4-2-1-3-14(15)16(21)19-13-9-18-20(11-13)10-12-5-7-22-8-6-12/h1-4,9,11-12H,5-8,10H2,(H,19,21). The van der Waals surface area contributed by atoms with Crippen molar-refractivity contribution in [3.05, 3.63) is 45.8 Å². The number of aromatic nitrogens is 2. The summed E-state index contributed by atoms with van der Waals surface area (Å²) in [5.41, 5.74) is 1.41. The molecular formula is C16H18IN3O2. The molecule has 1 saturated heterocycles. The number of anilines is 1. The minimum Gasteiger partial charge on any atom is -0.381 e. The van der Waals surface area contributed by atoms with Crippen LogP contribution in [0, 0.1) is 9.49 Å². The Hall–Kier alpha value is -1.41. The topological polar surface area (TPSA) is 56.2 Å². The Balaban J connectivity index is 1.61. The van der Waals surface area contributed by atoms with Crippen LogP contribution < -0.4 is 5.32 Å². The Morgan fingerprint density at radius 3 is 2.91 bits per heavy atom. The Kier molecular flexibility index (Phi) is 5.09. The van der Waals surface area contributed by atoms with Gasteiger partial charge in [0.05, 0.1) is 17.4 Å². The molecule has 0 aliphatic carbocycles. The molecule has 0 atom stereocenters. The molecule has 5 nitrogen and oxygen atoms in total. The zero-order valence-electron chi connectivity index (χ0n) is 12.2. The zero-order valence-corrected chi connectivity index (χ0v) is 14.3. The number of carbonyl (C=O) groups is 1. The van der Waals surface area contributed by atoms with Crippen LogP contribution >= 0.6 is 22.6 Å². The Morgan fingerprint density at radius 2 is 2.14 bits per heavy atom. The molecule has 2 heterocycles. The van der Waals surface area contributed by atoms with Crippen molar-refractivity contribution < 1.29 is 9.53 Å². The van der Waals surface area contributed by atoms with Crippen molar-refractivity contribution in [2.45, 2.75) is 19.4 Å². The zero-order chi connectivity index (χ0) is 15.4. The number of ether oxygens (including phenoxy) is 1. The summed E-state index contributed by atoms with van der Waals surface area (Å²) in [7, 11) is 0. The second kappa shape index (κ2) is 7.23. The van der Waals surface area contributed by atoms with Crippen molar-refractivity contribution in [1.29, 1.82) is 0 Å². The second-order valence-electron chi connectivity index (χ2n) is 5.44. The molecule has 0 radical (unpaired) electrons. The number of rotatable bonds is 4. The highest BCUT2D eigenvalue weighted by atomic mass is 127. The monoisotopic (exact) mass is 411 g/mol. The van der Waals surface area contributed by atoms with Crippen LogP contribution in [-0.4, -0.2) is 28.9 Å². The first-order chi connectivity index (χ1) is 10.7. The Labute approximate surface area is 143 Å². The van der Waals surface area contributed by atoms with Gasteiger partial charge in [0.15, 0.2) is 0 Å². The number of carbonyl (C=O) groups excluding carboxylic acids is 1. The summed E-state index contributed by atoms with van der Waals surface area (Å²) >= 11 is 2.17. The molecule has 0 bridgehead atoms. The first-order valence-corrected chi connectivity index (χ1v) is 8.46. The summed E-state index contributed by atoms with van der Waals surface area (Å²) in [6.07, 6.45) is 5.74. The van der Waals surface area contributed by atoms with E-state index in [0.29, 0.717) is 11.5 Å². The first-order valence-electron chi connectivity index (χ1n) is 7.38. The second-order valence-corrected chi connectivity index (χ2v) is 6.60. The van der Waals surface area contributed by atoms with Crippen LogP contribution in [0.5, 0.6) is 0 Å². The summed E-state index contributed by atoms with van der Waals surface area (Å²) in [5.74, 6) is 0.503. The molecule has 1 amide bonds.